The molecule has 8 nitrogen and oxygen atoms in total. The van der Waals surface area contributed by atoms with E-state index in [1.54, 1.807) is 4.90 Å². The van der Waals surface area contributed by atoms with Gasteiger partial charge in [0.05, 0.1) is 23.7 Å². The van der Waals surface area contributed by atoms with Gasteiger partial charge in [0.2, 0.25) is 5.91 Å². The third-order valence-corrected chi connectivity index (χ3v) is 6.52. The van der Waals surface area contributed by atoms with Crippen molar-refractivity contribution in [2.45, 2.75) is 45.3 Å². The number of ether oxygens (including phenoxy) is 1. The van der Waals surface area contributed by atoms with Crippen LogP contribution in [-0.4, -0.2) is 67.7 Å². The van der Waals surface area contributed by atoms with Crippen LogP contribution < -0.4 is 10.2 Å². The number of carbonyl (C=O) groups excluding carboxylic acids is 1. The van der Waals surface area contributed by atoms with Crippen LogP contribution in [-0.2, 0) is 15.7 Å². The number of rotatable bonds is 8. The number of nitrogens with zero attached hydrogens (tertiary/aromatic N) is 3. The second-order valence-electron chi connectivity index (χ2n) is 9.40. The van der Waals surface area contributed by atoms with Crippen LogP contribution in [0.5, 0.6) is 0 Å². The van der Waals surface area contributed by atoms with Crippen LogP contribution in [0.25, 0.3) is 0 Å². The first-order chi connectivity index (χ1) is 16.1. The Kier molecular flexibility index (Phi) is 8.75. The molecule has 1 amide bonds. The fourth-order valence-corrected chi connectivity index (χ4v) is 4.71. The molecule has 2 saturated heterocycles. The zero-order valence-electron chi connectivity index (χ0n) is 19.6. The summed E-state index contributed by atoms with van der Waals surface area (Å²) >= 11 is 0. The maximum absolute atomic E-state index is 13.0. The number of morpholine rings is 1. The van der Waals surface area contributed by atoms with Crippen LogP contribution in [0.3, 0.4) is 0 Å². The number of nitro groups is 1. The average Bonchev–Trinajstić information content (AvgIpc) is 2.81. The molecule has 0 unspecified atom stereocenters. The molecular weight excluding hydrogens is 453 g/mol. The standard InChI is InChI=1S/C23H33F3N4O4/c1-16(2)13-19(28-9-11-34-12-10-28)15-27-22(31)17-5-7-29(8-6-17)20-4-3-18(23(24,25)26)14-21(20)30(32)33/h3-4,14,16-17,19H,5-13,15H2,1-2H3,(H,27,31)/t19-/m0/s1. The van der Waals surface area contributed by atoms with Crippen molar-refractivity contribution in [1.29, 1.82) is 0 Å². The number of alkyl halides is 3. The molecule has 0 aliphatic carbocycles. The number of halogens is 3. The minimum Gasteiger partial charge on any atom is -0.379 e. The summed E-state index contributed by atoms with van der Waals surface area (Å²) in [5.74, 6) is 0.227. The van der Waals surface area contributed by atoms with Crippen LogP contribution in [0.15, 0.2) is 18.2 Å². The van der Waals surface area contributed by atoms with Crippen molar-refractivity contribution in [2.24, 2.45) is 11.8 Å². The highest BCUT2D eigenvalue weighted by Crippen LogP contribution is 2.37. The number of hydrogen-bond acceptors (Lipinski definition) is 6. The maximum atomic E-state index is 13.0. The van der Waals surface area contributed by atoms with E-state index in [-0.39, 0.29) is 23.6 Å². The normalized spacial score (nSPS) is 19.3. The Balaban J connectivity index is 1.57. The second-order valence-corrected chi connectivity index (χ2v) is 9.40. The average molecular weight is 487 g/mol. The smallest absolute Gasteiger partial charge is 0.379 e. The van der Waals surface area contributed by atoms with E-state index in [9.17, 15) is 28.1 Å². The van der Waals surface area contributed by atoms with Gasteiger partial charge in [-0.1, -0.05) is 13.8 Å². The Morgan fingerprint density at radius 3 is 2.41 bits per heavy atom. The highest BCUT2D eigenvalue weighted by atomic mass is 19.4. The van der Waals surface area contributed by atoms with Gasteiger partial charge in [-0.25, -0.2) is 0 Å². The van der Waals surface area contributed by atoms with Crippen LogP contribution in [0.4, 0.5) is 24.5 Å². The van der Waals surface area contributed by atoms with E-state index >= 15 is 0 Å². The molecule has 0 saturated carbocycles. The zero-order valence-corrected chi connectivity index (χ0v) is 19.6. The molecule has 0 radical (unpaired) electrons. The Morgan fingerprint density at radius 2 is 1.85 bits per heavy atom. The minimum absolute atomic E-state index is 0.0383. The largest absolute Gasteiger partial charge is 0.416 e. The second kappa shape index (κ2) is 11.4. The van der Waals surface area contributed by atoms with Crippen molar-refractivity contribution in [2.75, 3.05) is 50.8 Å². The van der Waals surface area contributed by atoms with E-state index in [1.807, 2.05) is 0 Å². The van der Waals surface area contributed by atoms with Crippen LogP contribution >= 0.6 is 0 Å². The van der Waals surface area contributed by atoms with E-state index < -0.39 is 22.4 Å². The van der Waals surface area contributed by atoms with Crippen LogP contribution in [0.1, 0.15) is 38.7 Å². The molecule has 2 aliphatic rings. The Labute approximate surface area is 197 Å². The van der Waals surface area contributed by atoms with Crippen molar-refractivity contribution < 1.29 is 27.6 Å². The topological polar surface area (TPSA) is 88.0 Å². The van der Waals surface area contributed by atoms with Gasteiger partial charge < -0.3 is 15.0 Å². The summed E-state index contributed by atoms with van der Waals surface area (Å²) in [5, 5.41) is 14.5. The fourth-order valence-electron chi connectivity index (χ4n) is 4.71. The summed E-state index contributed by atoms with van der Waals surface area (Å²) in [5.41, 5.74) is -1.46. The zero-order chi connectivity index (χ0) is 24.9. The van der Waals surface area contributed by atoms with Gasteiger partial charge >= 0.3 is 6.18 Å². The van der Waals surface area contributed by atoms with Gasteiger partial charge in [0.1, 0.15) is 5.69 Å². The van der Waals surface area contributed by atoms with E-state index in [0.717, 1.165) is 31.6 Å². The van der Waals surface area contributed by atoms with Crippen LogP contribution in [0.2, 0.25) is 0 Å². The van der Waals surface area contributed by atoms with Crippen molar-refractivity contribution in [3.63, 3.8) is 0 Å². The van der Waals surface area contributed by atoms with Gasteiger partial charge in [-0.3, -0.25) is 19.8 Å². The number of nitrogens with one attached hydrogen (secondary N) is 1. The van der Waals surface area contributed by atoms with E-state index in [1.165, 1.54) is 0 Å². The number of hydrogen-bond donors (Lipinski definition) is 1. The van der Waals surface area contributed by atoms with E-state index in [4.69, 9.17) is 4.74 Å². The Hall–Kier alpha value is -2.40. The third kappa shape index (κ3) is 6.82. The Bertz CT molecular complexity index is 851. The van der Waals surface area contributed by atoms with Gasteiger partial charge in [-0.05, 0) is 37.3 Å². The molecule has 190 valence electrons. The summed E-state index contributed by atoms with van der Waals surface area (Å²) in [6, 6.07) is 2.83. The molecule has 11 heteroatoms. The third-order valence-electron chi connectivity index (χ3n) is 6.52. The molecule has 3 rings (SSSR count). The number of carbonyl (C=O) groups is 1. The summed E-state index contributed by atoms with van der Waals surface area (Å²) in [6.07, 6.45) is -2.72. The maximum Gasteiger partial charge on any atom is 0.416 e. The van der Waals surface area contributed by atoms with Gasteiger partial charge in [-0.2, -0.15) is 13.2 Å². The van der Waals surface area contributed by atoms with Gasteiger partial charge in [0.25, 0.3) is 5.69 Å². The van der Waals surface area contributed by atoms with Crippen LogP contribution in [0, 0.1) is 22.0 Å². The van der Waals surface area contributed by atoms with Crippen molar-refractivity contribution >= 4 is 17.3 Å². The quantitative estimate of drug-likeness (QED) is 0.446. The Morgan fingerprint density at radius 1 is 1.21 bits per heavy atom. The van der Waals surface area contributed by atoms with Crippen molar-refractivity contribution in [1.82, 2.24) is 10.2 Å². The van der Waals surface area contributed by atoms with Crippen molar-refractivity contribution in [3.8, 4) is 0 Å². The first-order valence-corrected chi connectivity index (χ1v) is 11.8. The molecule has 0 spiro atoms. The van der Waals surface area contributed by atoms with Gasteiger partial charge in [-0.15, -0.1) is 0 Å². The monoisotopic (exact) mass is 486 g/mol. The molecule has 34 heavy (non-hydrogen) atoms. The van der Waals surface area contributed by atoms with E-state index in [2.05, 4.69) is 24.1 Å². The molecule has 2 heterocycles. The molecule has 2 fully saturated rings. The van der Waals surface area contributed by atoms with Gasteiger partial charge in [0.15, 0.2) is 0 Å². The van der Waals surface area contributed by atoms with Gasteiger partial charge in [0, 0.05) is 50.7 Å². The summed E-state index contributed by atoms with van der Waals surface area (Å²) in [4.78, 5) is 27.5. The predicted octanol–water partition coefficient (Wildman–Crippen LogP) is 3.69. The molecule has 2 aliphatic heterocycles. The molecular formula is C23H33F3N4O4. The fraction of sp³-hybridized carbons (Fsp3) is 0.696. The molecule has 1 aromatic carbocycles. The highest BCUT2D eigenvalue weighted by molar-refractivity contribution is 5.79. The lowest BCUT2D eigenvalue weighted by molar-refractivity contribution is -0.384. The number of benzene rings is 1. The highest BCUT2D eigenvalue weighted by Gasteiger charge is 2.35. The lowest BCUT2D eigenvalue weighted by Crippen LogP contribution is -2.50. The molecule has 0 aromatic heterocycles. The minimum atomic E-state index is -4.65. The first-order valence-electron chi connectivity index (χ1n) is 11.8. The predicted molar refractivity (Wildman–Crippen MR) is 122 cm³/mol. The van der Waals surface area contributed by atoms with E-state index in [0.29, 0.717) is 57.7 Å². The summed E-state index contributed by atoms with van der Waals surface area (Å²) in [7, 11) is 0. The first kappa shape index (κ1) is 26.2. The summed E-state index contributed by atoms with van der Waals surface area (Å²) < 4.78 is 44.4. The molecule has 1 atom stereocenters. The molecule has 0 bridgehead atoms. The molecule has 1 N–H and O–H groups in total. The number of anilines is 1. The molecule has 1 aromatic rings. The lowest BCUT2D eigenvalue weighted by atomic mass is 9.94. The number of amides is 1. The lowest BCUT2D eigenvalue weighted by Gasteiger charge is -2.36. The number of piperidine rings is 1. The SMILES string of the molecule is CC(C)C[C@@H](CNC(=O)C1CCN(c2ccc(C(F)(F)F)cc2[N+](=O)[O-])CC1)N1CCOCC1. The van der Waals surface area contributed by atoms with Crippen molar-refractivity contribution in [3.05, 3.63) is 33.9 Å². The number of nitro benzene ring substituents is 1. The summed E-state index contributed by atoms with van der Waals surface area (Å²) in [6.45, 7) is 8.67.